The van der Waals surface area contributed by atoms with E-state index in [-0.39, 0.29) is 0 Å². The van der Waals surface area contributed by atoms with Gasteiger partial charge in [-0.25, -0.2) is 0 Å². The van der Waals surface area contributed by atoms with Crippen LogP contribution in [0, 0.1) is 105 Å². The monoisotopic (exact) mass is 274 g/mol. The zero-order valence-electron chi connectivity index (χ0n) is 12.6. The van der Waals surface area contributed by atoms with Gasteiger partial charge in [0.2, 0.25) is 0 Å². The Morgan fingerprint density at radius 3 is 1.67 bits per heavy atom. The standard InChI is InChI=1S/C21H22/c1-19-16-10-6-2-4-8(10)12-14(16)15-13-9-5-3-7(11(9)17(15)19)21(6,19)20(4,5)18(12)13/h4-18H,2-3H2,1H3/t4-,5-,6+,7+,8-,9+,10-,11-,12+,13-,14+,15+,16-,17-,18?,19?,20?,21?/m0/s1. The second-order valence-corrected chi connectivity index (χ2v) is 12.2. The van der Waals surface area contributed by atoms with Gasteiger partial charge in [0, 0.05) is 0 Å². The normalized spacial score (nSPS) is 107. The first-order valence-electron chi connectivity index (χ1n) is 10.3. The lowest BCUT2D eigenvalue weighted by atomic mass is 9.49. The van der Waals surface area contributed by atoms with Crippen LogP contribution in [0.1, 0.15) is 19.8 Å². The van der Waals surface area contributed by atoms with Crippen molar-refractivity contribution in [2.45, 2.75) is 19.8 Å². The molecule has 0 heterocycles. The van der Waals surface area contributed by atoms with Crippen molar-refractivity contribution >= 4 is 0 Å². The molecular formula is C21H22. The van der Waals surface area contributed by atoms with E-state index < -0.39 is 0 Å². The smallest absolute Gasteiger partial charge is 0.0111 e. The molecule has 21 heavy (non-hydrogen) atoms. The van der Waals surface area contributed by atoms with E-state index in [1.165, 1.54) is 88.8 Å². The average Bonchev–Trinajstić information content (AvgIpc) is 3.11. The van der Waals surface area contributed by atoms with E-state index in [4.69, 9.17) is 0 Å². The Morgan fingerprint density at radius 1 is 0.571 bits per heavy atom. The summed E-state index contributed by atoms with van der Waals surface area (Å²) in [5, 5.41) is 0. The van der Waals surface area contributed by atoms with E-state index >= 15 is 0 Å². The van der Waals surface area contributed by atoms with E-state index in [0.29, 0.717) is 0 Å². The summed E-state index contributed by atoms with van der Waals surface area (Å²) in [4.78, 5) is 0. The molecule has 12 rings (SSSR count). The average molecular weight is 274 g/mol. The van der Waals surface area contributed by atoms with Gasteiger partial charge in [-0.2, -0.15) is 0 Å². The predicted octanol–water partition coefficient (Wildman–Crippen LogP) is 3.14. The maximum atomic E-state index is 2.94. The summed E-state index contributed by atoms with van der Waals surface area (Å²) in [5.41, 5.74) is 2.87. The lowest BCUT2D eigenvalue weighted by Crippen LogP contribution is -2.52. The van der Waals surface area contributed by atoms with Crippen LogP contribution in [0.4, 0.5) is 0 Å². The fraction of sp³-hybridized carbons (Fsp3) is 1.00. The maximum absolute atomic E-state index is 2.94. The van der Waals surface area contributed by atoms with E-state index in [9.17, 15) is 0 Å². The van der Waals surface area contributed by atoms with Crippen LogP contribution in [0.2, 0.25) is 0 Å². The van der Waals surface area contributed by atoms with Crippen LogP contribution in [-0.2, 0) is 0 Å². The van der Waals surface area contributed by atoms with Crippen molar-refractivity contribution in [3.63, 3.8) is 0 Å². The van der Waals surface area contributed by atoms with Crippen molar-refractivity contribution in [3.05, 3.63) is 0 Å². The van der Waals surface area contributed by atoms with Gasteiger partial charge in [-0.05, 0) is 118 Å². The van der Waals surface area contributed by atoms with Crippen molar-refractivity contribution in [1.29, 1.82) is 0 Å². The molecule has 0 aromatic rings. The molecule has 0 aliphatic heterocycles. The predicted molar refractivity (Wildman–Crippen MR) is 74.6 cm³/mol. The molecule has 106 valence electrons. The summed E-state index contributed by atoms with van der Waals surface area (Å²) in [6.07, 6.45) is 3.52. The van der Waals surface area contributed by atoms with Gasteiger partial charge in [0.05, 0.1) is 0 Å². The molecule has 12 aliphatic carbocycles. The Hall–Kier alpha value is 0. The molecule has 0 aromatic heterocycles. The first-order valence-corrected chi connectivity index (χ1v) is 10.3. The van der Waals surface area contributed by atoms with Crippen LogP contribution < -0.4 is 0 Å². The molecule has 0 radical (unpaired) electrons. The van der Waals surface area contributed by atoms with Crippen molar-refractivity contribution in [2.24, 2.45) is 105 Å². The van der Waals surface area contributed by atoms with Crippen LogP contribution in [0.3, 0.4) is 0 Å². The van der Waals surface area contributed by atoms with Gasteiger partial charge in [-0.15, -0.1) is 0 Å². The third-order valence-electron chi connectivity index (χ3n) is 14.4. The van der Waals surface area contributed by atoms with Gasteiger partial charge < -0.3 is 0 Å². The number of rotatable bonds is 0. The molecular weight excluding hydrogens is 252 g/mol. The third kappa shape index (κ3) is 0.350. The molecule has 0 amide bonds. The Labute approximate surface area is 125 Å². The molecule has 0 nitrogen and oxygen atoms in total. The molecule has 0 saturated heterocycles. The quantitative estimate of drug-likeness (QED) is 0.636. The highest BCUT2D eigenvalue weighted by atomic mass is 15.1. The summed E-state index contributed by atoms with van der Waals surface area (Å²) < 4.78 is 0. The van der Waals surface area contributed by atoms with Crippen molar-refractivity contribution in [3.8, 4) is 0 Å². The maximum Gasteiger partial charge on any atom is -0.0111 e. The van der Waals surface area contributed by atoms with Crippen LogP contribution >= 0.6 is 0 Å². The SMILES string of the molecule is CC12[C@@H]3[C@@H]4[C@@H]5C6[C@@H]7[C@H]4[C@@H]1[C@@H]1[C@H]7[C@@H]4C[C@H]1C21[C@@H]2C[C@@H]([C@H]5[C@@H]32)C641. The molecule has 12 aliphatic rings. The molecule has 0 N–H and O–H groups in total. The molecule has 0 heteroatoms. The second-order valence-electron chi connectivity index (χ2n) is 12.2. The molecule has 18 atom stereocenters. The van der Waals surface area contributed by atoms with Gasteiger partial charge in [-0.1, -0.05) is 6.92 Å². The lowest BCUT2D eigenvalue weighted by Gasteiger charge is -2.55. The van der Waals surface area contributed by atoms with E-state index in [0.717, 1.165) is 16.2 Å². The molecule has 4 bridgehead atoms. The van der Waals surface area contributed by atoms with Gasteiger partial charge in [0.1, 0.15) is 0 Å². The Balaban J connectivity index is 1.58. The minimum absolute atomic E-state index is 0.898. The first-order chi connectivity index (χ1) is 10.3. The summed E-state index contributed by atoms with van der Waals surface area (Å²) in [7, 11) is 0. The highest BCUT2D eigenvalue weighted by molar-refractivity contribution is 5.56. The minimum Gasteiger partial charge on any atom is -0.0585 e. The van der Waals surface area contributed by atoms with E-state index in [1.54, 1.807) is 12.8 Å². The molecule has 4 unspecified atom stereocenters. The molecule has 12 fully saturated rings. The largest absolute Gasteiger partial charge is 0.0585 e. The van der Waals surface area contributed by atoms with Crippen molar-refractivity contribution < 1.29 is 0 Å². The van der Waals surface area contributed by atoms with E-state index in [1.807, 2.05) is 0 Å². The fourth-order valence-corrected chi connectivity index (χ4v) is 16.8. The van der Waals surface area contributed by atoms with Crippen LogP contribution in [0.15, 0.2) is 0 Å². The minimum atomic E-state index is 0.898. The Bertz CT molecular complexity index is 721. The second kappa shape index (κ2) is 1.71. The summed E-state index contributed by atoms with van der Waals surface area (Å²) in [6.45, 7) is 2.94. The molecule has 2 spiro atoms. The zero-order chi connectivity index (χ0) is 12.6. The molecule has 0 aromatic carbocycles. The van der Waals surface area contributed by atoms with Gasteiger partial charge in [0.25, 0.3) is 0 Å². The zero-order valence-corrected chi connectivity index (χ0v) is 12.6. The van der Waals surface area contributed by atoms with Crippen LogP contribution in [0.5, 0.6) is 0 Å². The number of hydrogen-bond donors (Lipinski definition) is 0. The van der Waals surface area contributed by atoms with Crippen LogP contribution in [-0.4, -0.2) is 0 Å². The Morgan fingerprint density at radius 2 is 1.10 bits per heavy atom. The summed E-state index contributed by atoms with van der Waals surface area (Å²) in [6, 6.07) is 0. The van der Waals surface area contributed by atoms with Crippen molar-refractivity contribution in [2.75, 3.05) is 0 Å². The topological polar surface area (TPSA) is 0 Å². The van der Waals surface area contributed by atoms with Gasteiger partial charge in [-0.3, -0.25) is 0 Å². The third-order valence-corrected chi connectivity index (χ3v) is 14.4. The lowest BCUT2D eigenvalue weighted by molar-refractivity contribution is -0.0913. The van der Waals surface area contributed by atoms with Gasteiger partial charge in [0.15, 0.2) is 0 Å². The Kier molecular flexibility index (Phi) is 0.711. The summed E-state index contributed by atoms with van der Waals surface area (Å²) in [5.74, 6) is 19.4. The highest BCUT2D eigenvalue weighted by Crippen LogP contribution is 3.13. The van der Waals surface area contributed by atoms with Crippen LogP contribution in [0.25, 0.3) is 0 Å². The molecule has 12 saturated carbocycles. The number of hydrogen-bond acceptors (Lipinski definition) is 0. The summed E-state index contributed by atoms with van der Waals surface area (Å²) >= 11 is 0. The van der Waals surface area contributed by atoms with E-state index in [2.05, 4.69) is 6.92 Å². The van der Waals surface area contributed by atoms with Crippen molar-refractivity contribution in [1.82, 2.24) is 0 Å². The first kappa shape index (κ1) is 8.74. The van der Waals surface area contributed by atoms with Gasteiger partial charge >= 0.3 is 0 Å². The fourth-order valence-electron chi connectivity index (χ4n) is 16.8. The highest BCUT2D eigenvalue weighted by Gasteiger charge is 3.10.